The summed E-state index contributed by atoms with van der Waals surface area (Å²) in [6.07, 6.45) is 0. The number of carbonyl (C=O) groups excluding carboxylic acids is 1. The molecule has 2 rings (SSSR count). The van der Waals surface area contributed by atoms with Crippen molar-refractivity contribution in [2.24, 2.45) is 5.92 Å². The number of rotatable bonds is 7. The highest BCUT2D eigenvalue weighted by atomic mass is 16.5. The summed E-state index contributed by atoms with van der Waals surface area (Å²) in [6, 6.07) is 6.90. The molecule has 0 radical (unpaired) electrons. The topological polar surface area (TPSA) is 71.0 Å². The number of hydrogen-bond acceptors (Lipinski definition) is 5. The second-order valence-electron chi connectivity index (χ2n) is 6.02. The van der Waals surface area contributed by atoms with Crippen LogP contribution in [0.25, 0.3) is 0 Å². The highest BCUT2D eigenvalue weighted by Crippen LogP contribution is 2.24. The van der Waals surface area contributed by atoms with Crippen LogP contribution in [0, 0.1) is 5.92 Å². The number of morpholine rings is 1. The molecule has 23 heavy (non-hydrogen) atoms. The van der Waals surface area contributed by atoms with E-state index < -0.39 is 0 Å². The molecule has 0 bridgehead atoms. The summed E-state index contributed by atoms with van der Waals surface area (Å²) in [5.74, 6) is 0.601. The summed E-state index contributed by atoms with van der Waals surface area (Å²) < 4.78 is 10.7. The van der Waals surface area contributed by atoms with Crippen LogP contribution in [0.3, 0.4) is 0 Å². The van der Waals surface area contributed by atoms with Gasteiger partial charge in [0, 0.05) is 25.7 Å². The van der Waals surface area contributed by atoms with Crippen molar-refractivity contribution in [3.05, 3.63) is 24.3 Å². The lowest BCUT2D eigenvalue weighted by Gasteiger charge is -2.36. The zero-order valence-corrected chi connectivity index (χ0v) is 13.8. The van der Waals surface area contributed by atoms with Gasteiger partial charge in [0.05, 0.1) is 13.2 Å². The minimum absolute atomic E-state index is 0.0358. The number of nitrogens with one attached hydrogen (secondary N) is 1. The molecule has 2 N–H and O–H groups in total. The van der Waals surface area contributed by atoms with Gasteiger partial charge in [0.2, 0.25) is 0 Å². The minimum atomic E-state index is -0.188. The third-order valence-electron chi connectivity index (χ3n) is 4.02. The van der Waals surface area contributed by atoms with Gasteiger partial charge in [-0.25, -0.2) is 0 Å². The Morgan fingerprint density at radius 3 is 2.70 bits per heavy atom. The van der Waals surface area contributed by atoms with Gasteiger partial charge in [0.1, 0.15) is 0 Å². The number of carbonyl (C=O) groups is 1. The number of aromatic hydroxyl groups is 1. The average molecular weight is 322 g/mol. The molecule has 6 nitrogen and oxygen atoms in total. The first kappa shape index (κ1) is 17.6. The van der Waals surface area contributed by atoms with Crippen LogP contribution in [0.4, 0.5) is 0 Å². The number of phenols is 1. The molecule has 1 heterocycles. The predicted molar refractivity (Wildman–Crippen MR) is 87.6 cm³/mol. The fourth-order valence-electron chi connectivity index (χ4n) is 2.69. The van der Waals surface area contributed by atoms with Crippen LogP contribution in [0.15, 0.2) is 24.3 Å². The lowest BCUT2D eigenvalue weighted by molar-refractivity contribution is -0.123. The van der Waals surface area contributed by atoms with E-state index in [1.54, 1.807) is 18.2 Å². The molecule has 1 aromatic rings. The molecule has 1 atom stereocenters. The summed E-state index contributed by atoms with van der Waals surface area (Å²) in [5, 5.41) is 12.5. The van der Waals surface area contributed by atoms with Gasteiger partial charge in [0.25, 0.3) is 5.91 Å². The standard InChI is InChI=1S/C17H26N2O4/c1-13(2)14(19-7-9-22-10-8-19)11-18-17(21)12-23-16-6-4-3-5-15(16)20/h3-6,13-14,20H,7-12H2,1-2H3,(H,18,21). The maximum Gasteiger partial charge on any atom is 0.257 e. The van der Waals surface area contributed by atoms with Crippen molar-refractivity contribution in [3.8, 4) is 11.5 Å². The van der Waals surface area contributed by atoms with Gasteiger partial charge < -0.3 is 19.9 Å². The molecule has 128 valence electrons. The van der Waals surface area contributed by atoms with Crippen LogP contribution < -0.4 is 10.1 Å². The van der Waals surface area contributed by atoms with Crippen molar-refractivity contribution >= 4 is 5.91 Å². The molecule has 1 aromatic carbocycles. The number of amides is 1. The summed E-state index contributed by atoms with van der Waals surface area (Å²) in [5.41, 5.74) is 0. The molecule has 1 aliphatic rings. The third-order valence-corrected chi connectivity index (χ3v) is 4.02. The zero-order valence-electron chi connectivity index (χ0n) is 13.8. The van der Waals surface area contributed by atoms with E-state index in [4.69, 9.17) is 9.47 Å². The normalized spacial score (nSPS) is 17.0. The van der Waals surface area contributed by atoms with E-state index in [1.807, 2.05) is 0 Å². The lowest BCUT2D eigenvalue weighted by atomic mass is 10.0. The van der Waals surface area contributed by atoms with Crippen LogP contribution in [0.5, 0.6) is 11.5 Å². The minimum Gasteiger partial charge on any atom is -0.504 e. The monoisotopic (exact) mass is 322 g/mol. The molecule has 0 saturated carbocycles. The summed E-state index contributed by atoms with van der Waals surface area (Å²) >= 11 is 0. The van der Waals surface area contributed by atoms with Crippen molar-refractivity contribution in [1.29, 1.82) is 0 Å². The van der Waals surface area contributed by atoms with Gasteiger partial charge in [-0.1, -0.05) is 26.0 Å². The molecule has 6 heteroatoms. The predicted octanol–water partition coefficient (Wildman–Crippen LogP) is 1.24. The van der Waals surface area contributed by atoms with Gasteiger partial charge in [0.15, 0.2) is 18.1 Å². The number of nitrogens with zero attached hydrogens (tertiary/aromatic N) is 1. The number of para-hydroxylation sites is 2. The van der Waals surface area contributed by atoms with Gasteiger partial charge in [-0.05, 0) is 18.1 Å². The smallest absolute Gasteiger partial charge is 0.257 e. The van der Waals surface area contributed by atoms with Crippen molar-refractivity contribution in [2.75, 3.05) is 39.5 Å². The van der Waals surface area contributed by atoms with Crippen molar-refractivity contribution in [2.45, 2.75) is 19.9 Å². The van der Waals surface area contributed by atoms with Crippen LogP contribution in [-0.2, 0) is 9.53 Å². The molecular weight excluding hydrogens is 296 g/mol. The maximum atomic E-state index is 12.0. The third kappa shape index (κ3) is 5.41. The molecule has 0 spiro atoms. The van der Waals surface area contributed by atoms with Gasteiger partial charge in [-0.3, -0.25) is 9.69 Å². The number of phenolic OH excluding ortho intramolecular Hbond substituents is 1. The summed E-state index contributed by atoms with van der Waals surface area (Å²) in [6.45, 7) is 8.07. The Bertz CT molecular complexity index is 501. The Labute approximate surface area is 137 Å². The highest BCUT2D eigenvalue weighted by molar-refractivity contribution is 5.77. The van der Waals surface area contributed by atoms with E-state index in [0.717, 1.165) is 26.3 Å². The van der Waals surface area contributed by atoms with E-state index in [1.165, 1.54) is 6.07 Å². The number of hydrogen-bond donors (Lipinski definition) is 2. The molecule has 1 aliphatic heterocycles. The van der Waals surface area contributed by atoms with Crippen molar-refractivity contribution < 1.29 is 19.4 Å². The Morgan fingerprint density at radius 2 is 2.04 bits per heavy atom. The van der Waals surface area contributed by atoms with Gasteiger partial charge in [-0.15, -0.1) is 0 Å². The average Bonchev–Trinajstić information content (AvgIpc) is 2.55. The second kappa shape index (κ2) is 8.74. The van der Waals surface area contributed by atoms with E-state index in [-0.39, 0.29) is 24.3 Å². The van der Waals surface area contributed by atoms with Crippen molar-refractivity contribution in [3.63, 3.8) is 0 Å². The van der Waals surface area contributed by atoms with Gasteiger partial charge in [-0.2, -0.15) is 0 Å². The summed E-state index contributed by atoms with van der Waals surface area (Å²) in [7, 11) is 0. The molecule has 1 amide bonds. The SMILES string of the molecule is CC(C)C(CNC(=O)COc1ccccc1O)N1CCOCC1. The van der Waals surface area contributed by atoms with Crippen LogP contribution in [0.1, 0.15) is 13.8 Å². The van der Waals surface area contributed by atoms with Crippen LogP contribution >= 0.6 is 0 Å². The first-order valence-corrected chi connectivity index (χ1v) is 8.07. The molecule has 1 unspecified atom stereocenters. The molecule has 0 aromatic heterocycles. The Morgan fingerprint density at radius 1 is 1.35 bits per heavy atom. The second-order valence-corrected chi connectivity index (χ2v) is 6.02. The van der Waals surface area contributed by atoms with Crippen LogP contribution in [0.2, 0.25) is 0 Å². The number of benzene rings is 1. The van der Waals surface area contributed by atoms with E-state index in [0.29, 0.717) is 18.2 Å². The highest BCUT2D eigenvalue weighted by Gasteiger charge is 2.24. The van der Waals surface area contributed by atoms with Gasteiger partial charge >= 0.3 is 0 Å². The van der Waals surface area contributed by atoms with E-state index in [2.05, 4.69) is 24.1 Å². The first-order valence-electron chi connectivity index (χ1n) is 8.07. The molecule has 1 fully saturated rings. The number of ether oxygens (including phenoxy) is 2. The Kier molecular flexibility index (Phi) is 6.67. The fourth-order valence-corrected chi connectivity index (χ4v) is 2.69. The Hall–Kier alpha value is -1.79. The van der Waals surface area contributed by atoms with Crippen LogP contribution in [-0.4, -0.2) is 61.4 Å². The fraction of sp³-hybridized carbons (Fsp3) is 0.588. The quantitative estimate of drug-likeness (QED) is 0.790. The molecular formula is C17H26N2O4. The van der Waals surface area contributed by atoms with Crippen molar-refractivity contribution in [1.82, 2.24) is 10.2 Å². The molecule has 1 saturated heterocycles. The molecule has 0 aliphatic carbocycles. The largest absolute Gasteiger partial charge is 0.504 e. The zero-order chi connectivity index (χ0) is 16.7. The Balaban J connectivity index is 1.78. The maximum absolute atomic E-state index is 12.0. The lowest BCUT2D eigenvalue weighted by Crippen LogP contribution is -2.51. The summed E-state index contributed by atoms with van der Waals surface area (Å²) in [4.78, 5) is 14.3. The van der Waals surface area contributed by atoms with E-state index >= 15 is 0 Å². The first-order chi connectivity index (χ1) is 11.1. The van der Waals surface area contributed by atoms with E-state index in [9.17, 15) is 9.90 Å².